The van der Waals surface area contributed by atoms with Crippen LogP contribution in [-0.4, -0.2) is 44.8 Å². The fourth-order valence-electron chi connectivity index (χ4n) is 2.60. The van der Waals surface area contributed by atoms with Crippen molar-refractivity contribution < 1.29 is 9.47 Å². The van der Waals surface area contributed by atoms with Gasteiger partial charge in [-0.2, -0.15) is 0 Å². The van der Waals surface area contributed by atoms with Crippen LogP contribution in [0.2, 0.25) is 0 Å². The molecule has 0 bridgehead atoms. The van der Waals surface area contributed by atoms with Gasteiger partial charge in [-0.25, -0.2) is 0 Å². The summed E-state index contributed by atoms with van der Waals surface area (Å²) in [5.41, 5.74) is 1.06. The normalized spacial score (nSPS) is 20.4. The zero-order chi connectivity index (χ0) is 14.8. The molecule has 1 aromatic rings. The molecular weight excluding hydrogens is 252 g/mol. The number of likely N-dealkylation sites (N-methyl/N-ethyl adjacent to an activating group) is 1. The summed E-state index contributed by atoms with van der Waals surface area (Å²) < 4.78 is 11.4. The van der Waals surface area contributed by atoms with Gasteiger partial charge in [0.15, 0.2) is 0 Å². The second-order valence-corrected chi connectivity index (χ2v) is 6.28. The molecule has 0 amide bonds. The molecule has 20 heavy (non-hydrogen) atoms. The van der Waals surface area contributed by atoms with E-state index in [1.807, 2.05) is 12.1 Å². The highest BCUT2D eigenvalue weighted by Crippen LogP contribution is 2.40. The van der Waals surface area contributed by atoms with E-state index in [2.05, 4.69) is 44.2 Å². The third-order valence-electron chi connectivity index (χ3n) is 3.62. The molecule has 1 aromatic carbocycles. The number of rotatable bonds is 5. The molecule has 1 aliphatic rings. The zero-order valence-electron chi connectivity index (χ0n) is 13.2. The molecule has 112 valence electrons. The highest BCUT2D eigenvalue weighted by molar-refractivity contribution is 5.44. The van der Waals surface area contributed by atoms with Gasteiger partial charge >= 0.3 is 0 Å². The summed E-state index contributed by atoms with van der Waals surface area (Å²) >= 11 is 0. The molecule has 1 atom stereocenters. The van der Waals surface area contributed by atoms with Gasteiger partial charge in [-0.3, -0.25) is 0 Å². The molecule has 4 nitrogen and oxygen atoms in total. The minimum Gasteiger partial charge on any atom is -0.497 e. The van der Waals surface area contributed by atoms with Crippen molar-refractivity contribution in [2.24, 2.45) is 0 Å². The molecule has 1 aliphatic heterocycles. The Balaban J connectivity index is 2.18. The molecular formula is C16H26N2O2. The molecule has 4 heteroatoms. The maximum absolute atomic E-state index is 6.07. The lowest BCUT2D eigenvalue weighted by Crippen LogP contribution is -2.41. The Kier molecular flexibility index (Phi) is 4.55. The van der Waals surface area contributed by atoms with Crippen molar-refractivity contribution in [1.29, 1.82) is 0 Å². The Hall–Kier alpha value is -1.26. The molecule has 0 spiro atoms. The maximum Gasteiger partial charge on any atom is 0.125 e. The fraction of sp³-hybridized carbons (Fsp3) is 0.625. The van der Waals surface area contributed by atoms with Crippen LogP contribution < -0.4 is 14.8 Å². The molecule has 0 aromatic heterocycles. The summed E-state index contributed by atoms with van der Waals surface area (Å²) in [4.78, 5) is 2.18. The summed E-state index contributed by atoms with van der Waals surface area (Å²) in [5.74, 6) is 1.84. The summed E-state index contributed by atoms with van der Waals surface area (Å²) in [6.07, 6.45) is 0.959. The molecule has 1 unspecified atom stereocenters. The smallest absolute Gasteiger partial charge is 0.125 e. The fourth-order valence-corrected chi connectivity index (χ4v) is 2.60. The lowest BCUT2D eigenvalue weighted by molar-refractivity contribution is 0.0656. The number of methoxy groups -OCH3 is 1. The molecule has 0 aliphatic carbocycles. The predicted molar refractivity (Wildman–Crippen MR) is 81.6 cm³/mol. The topological polar surface area (TPSA) is 33.7 Å². The zero-order valence-corrected chi connectivity index (χ0v) is 13.2. The second kappa shape index (κ2) is 6.02. The van der Waals surface area contributed by atoms with Gasteiger partial charge in [0.2, 0.25) is 0 Å². The van der Waals surface area contributed by atoms with Crippen LogP contribution in [0.15, 0.2) is 18.2 Å². The maximum atomic E-state index is 6.07. The average Bonchev–Trinajstić information content (AvgIpc) is 2.36. The molecule has 2 rings (SSSR count). The van der Waals surface area contributed by atoms with Crippen molar-refractivity contribution in [2.45, 2.75) is 31.9 Å². The van der Waals surface area contributed by atoms with Gasteiger partial charge in [-0.15, -0.1) is 0 Å². The van der Waals surface area contributed by atoms with Crippen molar-refractivity contribution in [3.05, 3.63) is 23.8 Å². The first-order valence-corrected chi connectivity index (χ1v) is 7.16. The Bertz CT molecular complexity index is 458. The number of fused-ring (bicyclic) bond motifs is 1. The lowest BCUT2D eigenvalue weighted by Gasteiger charge is -2.38. The van der Waals surface area contributed by atoms with Crippen molar-refractivity contribution in [3.8, 4) is 11.5 Å². The third-order valence-corrected chi connectivity index (χ3v) is 3.62. The van der Waals surface area contributed by atoms with Gasteiger partial charge in [0.05, 0.1) is 7.11 Å². The number of nitrogens with zero attached hydrogens (tertiary/aromatic N) is 1. The van der Waals surface area contributed by atoms with E-state index in [0.29, 0.717) is 6.04 Å². The van der Waals surface area contributed by atoms with Crippen LogP contribution in [0.25, 0.3) is 0 Å². The van der Waals surface area contributed by atoms with E-state index in [1.165, 1.54) is 5.56 Å². The summed E-state index contributed by atoms with van der Waals surface area (Å²) in [5, 5.41) is 3.64. The van der Waals surface area contributed by atoms with Crippen LogP contribution in [0.5, 0.6) is 11.5 Å². The first-order chi connectivity index (χ1) is 9.41. The quantitative estimate of drug-likeness (QED) is 0.897. The van der Waals surface area contributed by atoms with Crippen LogP contribution in [-0.2, 0) is 0 Å². The molecule has 0 saturated heterocycles. The van der Waals surface area contributed by atoms with Crippen LogP contribution in [0, 0.1) is 0 Å². The first kappa shape index (κ1) is 15.1. The van der Waals surface area contributed by atoms with Crippen molar-refractivity contribution in [3.63, 3.8) is 0 Å². The molecule has 1 N–H and O–H groups in total. The van der Waals surface area contributed by atoms with Crippen LogP contribution >= 0.6 is 0 Å². The van der Waals surface area contributed by atoms with Crippen LogP contribution in [0.3, 0.4) is 0 Å². The van der Waals surface area contributed by atoms with Gasteiger partial charge in [-0.05, 0) is 46.1 Å². The van der Waals surface area contributed by atoms with E-state index in [9.17, 15) is 0 Å². The number of ether oxygens (including phenoxy) is 2. The summed E-state index contributed by atoms with van der Waals surface area (Å²) in [6.45, 7) is 6.27. The van der Waals surface area contributed by atoms with Crippen LogP contribution in [0.4, 0.5) is 0 Å². The minimum atomic E-state index is -0.141. The van der Waals surface area contributed by atoms with E-state index >= 15 is 0 Å². The van der Waals surface area contributed by atoms with E-state index in [0.717, 1.165) is 31.0 Å². The first-order valence-electron chi connectivity index (χ1n) is 7.16. The largest absolute Gasteiger partial charge is 0.497 e. The monoisotopic (exact) mass is 278 g/mol. The average molecular weight is 278 g/mol. The van der Waals surface area contributed by atoms with Gasteiger partial charge < -0.3 is 19.7 Å². The van der Waals surface area contributed by atoms with E-state index in [4.69, 9.17) is 9.47 Å². The standard InChI is InChI=1S/C16H26N2O2/c1-16(2)11-14(17-8-9-18(3)4)13-10-12(19-5)6-7-15(13)20-16/h6-7,10,14,17H,8-9,11H2,1-5H3. The Morgan fingerprint density at radius 1 is 1.40 bits per heavy atom. The van der Waals surface area contributed by atoms with E-state index < -0.39 is 0 Å². The third kappa shape index (κ3) is 3.64. The highest BCUT2D eigenvalue weighted by Gasteiger charge is 2.33. The number of nitrogens with one attached hydrogen (secondary N) is 1. The lowest BCUT2D eigenvalue weighted by atomic mass is 9.89. The predicted octanol–water partition coefficient (Wildman–Crippen LogP) is 2.45. The Labute approximate surface area is 122 Å². The molecule has 0 fully saturated rings. The van der Waals surface area contributed by atoms with Gasteiger partial charge in [0, 0.05) is 31.1 Å². The number of benzene rings is 1. The van der Waals surface area contributed by atoms with Crippen molar-refractivity contribution in [2.75, 3.05) is 34.3 Å². The van der Waals surface area contributed by atoms with Gasteiger partial charge in [0.1, 0.15) is 17.1 Å². The second-order valence-electron chi connectivity index (χ2n) is 6.28. The Morgan fingerprint density at radius 3 is 2.80 bits per heavy atom. The van der Waals surface area contributed by atoms with E-state index in [1.54, 1.807) is 7.11 Å². The van der Waals surface area contributed by atoms with Gasteiger partial charge in [-0.1, -0.05) is 0 Å². The molecule has 0 radical (unpaired) electrons. The molecule has 0 saturated carbocycles. The number of hydrogen-bond donors (Lipinski definition) is 1. The SMILES string of the molecule is COc1ccc2c(c1)C(NCCN(C)C)CC(C)(C)O2. The Morgan fingerprint density at radius 2 is 2.15 bits per heavy atom. The van der Waals surface area contributed by atoms with E-state index in [-0.39, 0.29) is 5.60 Å². The van der Waals surface area contributed by atoms with Crippen molar-refractivity contribution in [1.82, 2.24) is 10.2 Å². The number of hydrogen-bond acceptors (Lipinski definition) is 4. The van der Waals surface area contributed by atoms with Gasteiger partial charge in [0.25, 0.3) is 0 Å². The van der Waals surface area contributed by atoms with Crippen molar-refractivity contribution >= 4 is 0 Å². The summed E-state index contributed by atoms with van der Waals surface area (Å²) in [7, 11) is 5.88. The minimum absolute atomic E-state index is 0.141. The highest BCUT2D eigenvalue weighted by atomic mass is 16.5. The summed E-state index contributed by atoms with van der Waals surface area (Å²) in [6, 6.07) is 6.36. The van der Waals surface area contributed by atoms with Crippen LogP contribution in [0.1, 0.15) is 31.9 Å². The molecule has 1 heterocycles.